The maximum absolute atomic E-state index is 13.3. The van der Waals surface area contributed by atoms with Gasteiger partial charge in [-0.1, -0.05) is 60.7 Å². The third kappa shape index (κ3) is 7.61. The average molecular weight is 466 g/mol. The summed E-state index contributed by atoms with van der Waals surface area (Å²) >= 11 is 0. The minimum atomic E-state index is -0.569. The zero-order valence-electron chi connectivity index (χ0n) is 20.3. The number of alkyl carbamates (subject to hydrolysis) is 1. The number of carbonyl (C=O) groups excluding carboxylic acids is 3. The Labute approximate surface area is 201 Å². The second-order valence-corrected chi connectivity index (χ2v) is 9.60. The molecule has 3 amide bonds. The van der Waals surface area contributed by atoms with Gasteiger partial charge in [-0.05, 0) is 44.7 Å². The number of nitrogens with zero attached hydrogens (tertiary/aromatic N) is 1. The van der Waals surface area contributed by atoms with Gasteiger partial charge in [-0.25, -0.2) is 4.79 Å². The van der Waals surface area contributed by atoms with Crippen molar-refractivity contribution in [2.75, 3.05) is 19.6 Å². The van der Waals surface area contributed by atoms with Crippen molar-refractivity contribution in [2.45, 2.75) is 57.6 Å². The molecule has 0 unspecified atom stereocenters. The molecule has 3 rings (SSSR count). The van der Waals surface area contributed by atoms with E-state index in [0.717, 1.165) is 11.1 Å². The van der Waals surface area contributed by atoms with E-state index in [4.69, 9.17) is 4.74 Å². The third-order valence-corrected chi connectivity index (χ3v) is 5.73. The summed E-state index contributed by atoms with van der Waals surface area (Å²) in [5.74, 6) is -0.406. The highest BCUT2D eigenvalue weighted by Gasteiger charge is 2.28. The van der Waals surface area contributed by atoms with Crippen LogP contribution in [-0.4, -0.2) is 54.1 Å². The van der Waals surface area contributed by atoms with E-state index in [1.54, 1.807) is 25.7 Å². The standard InChI is InChI=1S/C27H35N3O4/c1-27(2,3)34-26(33)28-17-14-23(31)30-18-15-22(16-19-30)29-25(32)24(20-10-6-4-7-11-20)21-12-8-5-9-13-21/h4-13,22,24H,14-19H2,1-3H3,(H,28,33)(H,29,32). The van der Waals surface area contributed by atoms with Gasteiger partial charge in [0.1, 0.15) is 5.60 Å². The minimum Gasteiger partial charge on any atom is -0.444 e. The molecule has 182 valence electrons. The van der Waals surface area contributed by atoms with E-state index < -0.39 is 11.7 Å². The Kier molecular flexibility index (Phi) is 8.68. The normalized spacial score (nSPS) is 14.5. The van der Waals surface area contributed by atoms with Crippen LogP contribution in [0.5, 0.6) is 0 Å². The van der Waals surface area contributed by atoms with Crippen molar-refractivity contribution < 1.29 is 19.1 Å². The van der Waals surface area contributed by atoms with Crippen molar-refractivity contribution in [2.24, 2.45) is 0 Å². The molecule has 2 aromatic carbocycles. The molecule has 0 saturated carbocycles. The number of benzene rings is 2. The highest BCUT2D eigenvalue weighted by molar-refractivity contribution is 5.87. The highest BCUT2D eigenvalue weighted by Crippen LogP contribution is 2.25. The van der Waals surface area contributed by atoms with Crippen molar-refractivity contribution in [3.05, 3.63) is 71.8 Å². The number of amides is 3. The number of hydrogen-bond donors (Lipinski definition) is 2. The highest BCUT2D eigenvalue weighted by atomic mass is 16.6. The zero-order chi connectivity index (χ0) is 24.6. The summed E-state index contributed by atoms with van der Waals surface area (Å²) in [6, 6.07) is 19.6. The first-order chi connectivity index (χ1) is 16.2. The number of piperidine rings is 1. The minimum absolute atomic E-state index is 0.00715. The van der Waals surface area contributed by atoms with Crippen LogP contribution in [0.15, 0.2) is 60.7 Å². The summed E-state index contributed by atoms with van der Waals surface area (Å²) in [6.45, 7) is 6.78. The van der Waals surface area contributed by atoms with E-state index in [0.29, 0.717) is 25.9 Å². The molecular formula is C27H35N3O4. The molecule has 0 aromatic heterocycles. The predicted octanol–water partition coefficient (Wildman–Crippen LogP) is 3.84. The van der Waals surface area contributed by atoms with Gasteiger partial charge < -0.3 is 20.3 Å². The number of ether oxygens (including phenoxy) is 1. The van der Waals surface area contributed by atoms with Gasteiger partial charge in [0.25, 0.3) is 0 Å². The van der Waals surface area contributed by atoms with E-state index in [-0.39, 0.29) is 36.7 Å². The quantitative estimate of drug-likeness (QED) is 0.650. The van der Waals surface area contributed by atoms with Gasteiger partial charge >= 0.3 is 6.09 Å². The van der Waals surface area contributed by atoms with Crippen molar-refractivity contribution >= 4 is 17.9 Å². The summed E-state index contributed by atoms with van der Waals surface area (Å²) in [6.07, 6.45) is 1.11. The molecule has 1 aliphatic rings. The number of likely N-dealkylation sites (tertiary alicyclic amines) is 1. The van der Waals surface area contributed by atoms with Crippen LogP contribution in [0.25, 0.3) is 0 Å². The molecule has 0 spiro atoms. The van der Waals surface area contributed by atoms with Crippen molar-refractivity contribution in [1.29, 1.82) is 0 Å². The molecule has 2 aromatic rings. The molecule has 7 heteroatoms. The molecule has 1 saturated heterocycles. The van der Waals surface area contributed by atoms with Gasteiger partial charge in [0.15, 0.2) is 0 Å². The van der Waals surface area contributed by atoms with Gasteiger partial charge in [-0.15, -0.1) is 0 Å². The maximum Gasteiger partial charge on any atom is 0.407 e. The first-order valence-corrected chi connectivity index (χ1v) is 11.9. The van der Waals surface area contributed by atoms with Gasteiger partial charge in [-0.2, -0.15) is 0 Å². The van der Waals surface area contributed by atoms with Crippen LogP contribution in [0.3, 0.4) is 0 Å². The van der Waals surface area contributed by atoms with Crippen molar-refractivity contribution in [3.8, 4) is 0 Å². The average Bonchev–Trinajstić information content (AvgIpc) is 2.80. The van der Waals surface area contributed by atoms with E-state index in [1.165, 1.54) is 0 Å². The van der Waals surface area contributed by atoms with Crippen molar-refractivity contribution in [1.82, 2.24) is 15.5 Å². The van der Waals surface area contributed by atoms with E-state index in [2.05, 4.69) is 10.6 Å². The smallest absolute Gasteiger partial charge is 0.407 e. The Morgan fingerprint density at radius 3 is 1.97 bits per heavy atom. The second-order valence-electron chi connectivity index (χ2n) is 9.60. The molecule has 2 N–H and O–H groups in total. The lowest BCUT2D eigenvalue weighted by atomic mass is 9.90. The molecule has 0 bridgehead atoms. The van der Waals surface area contributed by atoms with Gasteiger partial charge in [0.2, 0.25) is 11.8 Å². The van der Waals surface area contributed by atoms with Crippen LogP contribution in [-0.2, 0) is 14.3 Å². The SMILES string of the molecule is CC(C)(C)OC(=O)NCCC(=O)N1CCC(NC(=O)C(c2ccccc2)c2ccccc2)CC1. The Hall–Kier alpha value is -3.35. The number of nitrogens with one attached hydrogen (secondary N) is 2. The van der Waals surface area contributed by atoms with Gasteiger partial charge in [0.05, 0.1) is 5.92 Å². The Morgan fingerprint density at radius 1 is 0.941 bits per heavy atom. The molecule has 0 aliphatic carbocycles. The van der Waals surface area contributed by atoms with Gasteiger partial charge in [0, 0.05) is 32.1 Å². The molecule has 0 radical (unpaired) electrons. The first kappa shape index (κ1) is 25.3. The predicted molar refractivity (Wildman–Crippen MR) is 131 cm³/mol. The fourth-order valence-electron chi connectivity index (χ4n) is 4.09. The number of rotatable bonds is 7. The Bertz CT molecular complexity index is 909. The van der Waals surface area contributed by atoms with Crippen LogP contribution >= 0.6 is 0 Å². The summed E-state index contributed by atoms with van der Waals surface area (Å²) in [4.78, 5) is 39.3. The molecule has 1 aliphatic heterocycles. The number of hydrogen-bond acceptors (Lipinski definition) is 4. The Balaban J connectivity index is 1.48. The second kappa shape index (κ2) is 11.7. The summed E-state index contributed by atoms with van der Waals surface area (Å²) < 4.78 is 5.18. The van der Waals surface area contributed by atoms with E-state index in [1.807, 2.05) is 60.7 Å². The van der Waals surface area contributed by atoms with E-state index >= 15 is 0 Å². The van der Waals surface area contributed by atoms with Gasteiger partial charge in [-0.3, -0.25) is 9.59 Å². The summed E-state index contributed by atoms with van der Waals surface area (Å²) in [5, 5.41) is 5.83. The molecule has 0 atom stereocenters. The van der Waals surface area contributed by atoms with Crippen LogP contribution in [0, 0.1) is 0 Å². The molecule has 1 heterocycles. The molecule has 7 nitrogen and oxygen atoms in total. The lowest BCUT2D eigenvalue weighted by Crippen LogP contribution is -2.48. The molecular weight excluding hydrogens is 430 g/mol. The van der Waals surface area contributed by atoms with Crippen LogP contribution < -0.4 is 10.6 Å². The fourth-order valence-corrected chi connectivity index (χ4v) is 4.09. The largest absolute Gasteiger partial charge is 0.444 e. The Morgan fingerprint density at radius 2 is 1.47 bits per heavy atom. The molecule has 1 fully saturated rings. The van der Waals surface area contributed by atoms with Crippen LogP contribution in [0.1, 0.15) is 57.1 Å². The third-order valence-electron chi connectivity index (χ3n) is 5.73. The monoisotopic (exact) mass is 465 g/mol. The first-order valence-electron chi connectivity index (χ1n) is 11.9. The van der Waals surface area contributed by atoms with Crippen molar-refractivity contribution in [3.63, 3.8) is 0 Å². The number of carbonyl (C=O) groups is 3. The van der Waals surface area contributed by atoms with E-state index in [9.17, 15) is 14.4 Å². The fraction of sp³-hybridized carbons (Fsp3) is 0.444. The topological polar surface area (TPSA) is 87.7 Å². The molecule has 34 heavy (non-hydrogen) atoms. The lowest BCUT2D eigenvalue weighted by molar-refractivity contribution is -0.132. The maximum atomic E-state index is 13.3. The summed E-state index contributed by atoms with van der Waals surface area (Å²) in [5.41, 5.74) is 1.34. The zero-order valence-corrected chi connectivity index (χ0v) is 20.3. The van der Waals surface area contributed by atoms with Crippen LogP contribution in [0.2, 0.25) is 0 Å². The lowest BCUT2D eigenvalue weighted by Gasteiger charge is -2.33. The summed E-state index contributed by atoms with van der Waals surface area (Å²) in [7, 11) is 0. The van der Waals surface area contributed by atoms with Crippen LogP contribution in [0.4, 0.5) is 4.79 Å².